The molecule has 1 saturated heterocycles. The van der Waals surface area contributed by atoms with Gasteiger partial charge in [-0.25, -0.2) is 19.9 Å². The molecule has 0 spiro atoms. The second kappa shape index (κ2) is 10.8. The molecular formula is C22H27N7O2. The van der Waals surface area contributed by atoms with Crippen LogP contribution in [-0.4, -0.2) is 77.1 Å². The van der Waals surface area contributed by atoms with Crippen molar-refractivity contribution in [1.82, 2.24) is 29.8 Å². The Balaban J connectivity index is 1.37. The lowest BCUT2D eigenvalue weighted by Gasteiger charge is -2.36. The lowest BCUT2D eigenvalue weighted by molar-refractivity contribution is 0.0608. The van der Waals surface area contributed by atoms with Crippen LogP contribution < -0.4 is 10.2 Å². The van der Waals surface area contributed by atoms with E-state index >= 15 is 0 Å². The van der Waals surface area contributed by atoms with Gasteiger partial charge in [-0.1, -0.05) is 12.2 Å². The van der Waals surface area contributed by atoms with Gasteiger partial charge in [-0.2, -0.15) is 0 Å². The second-order valence-corrected chi connectivity index (χ2v) is 7.19. The van der Waals surface area contributed by atoms with Crippen LogP contribution in [0.5, 0.6) is 0 Å². The smallest absolute Gasteiger partial charge is 0.225 e. The fourth-order valence-electron chi connectivity index (χ4n) is 3.34. The first kappa shape index (κ1) is 21.1. The van der Waals surface area contributed by atoms with Crippen LogP contribution in [0.25, 0.3) is 18.0 Å². The zero-order valence-electron chi connectivity index (χ0n) is 17.6. The fourth-order valence-corrected chi connectivity index (χ4v) is 3.34. The summed E-state index contributed by atoms with van der Waals surface area (Å²) in [5.74, 6) is 1.56. The summed E-state index contributed by atoms with van der Waals surface area (Å²) < 4.78 is 12.6. The molecule has 3 aromatic rings. The third kappa shape index (κ3) is 5.72. The molecule has 1 fully saturated rings. The Bertz CT molecular complexity index is 943. The molecule has 0 radical (unpaired) electrons. The predicted molar refractivity (Wildman–Crippen MR) is 119 cm³/mol. The first-order valence-corrected chi connectivity index (χ1v) is 10.3. The highest BCUT2D eigenvalue weighted by molar-refractivity contribution is 5.68. The van der Waals surface area contributed by atoms with Gasteiger partial charge >= 0.3 is 0 Å². The highest BCUT2D eigenvalue weighted by Crippen LogP contribution is 2.15. The third-order valence-electron chi connectivity index (χ3n) is 5.02. The molecule has 1 N–H and O–H groups in total. The lowest BCUT2D eigenvalue weighted by Crippen LogP contribution is -2.54. The predicted octanol–water partition coefficient (Wildman–Crippen LogP) is 1.67. The molecule has 3 aromatic heterocycles. The Morgan fingerprint density at radius 3 is 2.68 bits per heavy atom. The van der Waals surface area contributed by atoms with E-state index in [1.165, 1.54) is 0 Å². The van der Waals surface area contributed by atoms with E-state index in [2.05, 4.69) is 30.2 Å². The van der Waals surface area contributed by atoms with E-state index in [0.717, 1.165) is 42.5 Å². The molecular weight excluding hydrogens is 394 g/mol. The highest BCUT2D eigenvalue weighted by Gasteiger charge is 2.24. The van der Waals surface area contributed by atoms with E-state index in [1.807, 2.05) is 53.6 Å². The zero-order valence-corrected chi connectivity index (χ0v) is 17.6. The number of hydrogen-bond acceptors (Lipinski definition) is 8. The van der Waals surface area contributed by atoms with Gasteiger partial charge in [-0.15, -0.1) is 0 Å². The summed E-state index contributed by atoms with van der Waals surface area (Å²) >= 11 is 0. The molecule has 0 amide bonds. The van der Waals surface area contributed by atoms with Gasteiger partial charge in [-0.3, -0.25) is 4.57 Å². The Hall–Kier alpha value is -3.14. The van der Waals surface area contributed by atoms with Gasteiger partial charge < -0.3 is 19.7 Å². The van der Waals surface area contributed by atoms with E-state index in [-0.39, 0.29) is 6.04 Å². The van der Waals surface area contributed by atoms with E-state index in [1.54, 1.807) is 19.6 Å². The molecule has 1 aliphatic heterocycles. The van der Waals surface area contributed by atoms with Crippen molar-refractivity contribution in [3.63, 3.8) is 0 Å². The van der Waals surface area contributed by atoms with Gasteiger partial charge in [0, 0.05) is 63.3 Å². The Kier molecular flexibility index (Phi) is 7.32. The zero-order chi connectivity index (χ0) is 21.3. The monoisotopic (exact) mass is 421 g/mol. The molecule has 4 rings (SSSR count). The number of aromatic nitrogens is 5. The molecule has 1 aliphatic rings. The van der Waals surface area contributed by atoms with Crippen LogP contribution in [0.3, 0.4) is 0 Å². The number of rotatable bonds is 9. The standard InChI is InChI=1S/C22H27N7O2/c1-30-10-11-31-16-20-15-23-7-9-29(20)22-26-13-19(14-27-22)3-2-18-4-5-21(25-12-18)28-8-6-24-17-28/h2-6,8,12-14,17,20,23H,7,9-11,15-16H2,1H3/b3-2+/t20-/m1/s1. The summed E-state index contributed by atoms with van der Waals surface area (Å²) in [5, 5.41) is 3.41. The molecule has 1 atom stereocenters. The summed E-state index contributed by atoms with van der Waals surface area (Å²) in [7, 11) is 1.68. The van der Waals surface area contributed by atoms with Crippen LogP contribution in [0, 0.1) is 0 Å². The van der Waals surface area contributed by atoms with E-state index in [0.29, 0.717) is 19.8 Å². The van der Waals surface area contributed by atoms with Gasteiger partial charge in [0.05, 0.1) is 25.9 Å². The van der Waals surface area contributed by atoms with E-state index in [4.69, 9.17) is 9.47 Å². The molecule has 4 heterocycles. The number of hydrogen-bond donors (Lipinski definition) is 1. The third-order valence-corrected chi connectivity index (χ3v) is 5.02. The van der Waals surface area contributed by atoms with Crippen molar-refractivity contribution in [3.8, 4) is 5.82 Å². The molecule has 0 bridgehead atoms. The quantitative estimate of drug-likeness (QED) is 0.522. The SMILES string of the molecule is COCCOC[C@H]1CNCCN1c1ncc(/C=C/c2ccc(-n3ccnc3)nc2)cn1. The number of nitrogens with one attached hydrogen (secondary N) is 1. The van der Waals surface area contributed by atoms with Crippen LogP contribution in [0.2, 0.25) is 0 Å². The Morgan fingerprint density at radius 1 is 1.10 bits per heavy atom. The van der Waals surface area contributed by atoms with Crippen LogP contribution >= 0.6 is 0 Å². The minimum atomic E-state index is 0.201. The molecule has 162 valence electrons. The van der Waals surface area contributed by atoms with Crippen molar-refractivity contribution in [2.45, 2.75) is 6.04 Å². The summed E-state index contributed by atoms with van der Waals surface area (Å²) in [6.45, 7) is 4.40. The molecule has 0 aliphatic carbocycles. The van der Waals surface area contributed by atoms with Crippen molar-refractivity contribution in [2.75, 3.05) is 51.5 Å². The van der Waals surface area contributed by atoms with Crippen LogP contribution in [0.4, 0.5) is 5.95 Å². The lowest BCUT2D eigenvalue weighted by atomic mass is 10.2. The second-order valence-electron chi connectivity index (χ2n) is 7.19. The van der Waals surface area contributed by atoms with Crippen molar-refractivity contribution in [3.05, 3.63) is 60.6 Å². The number of methoxy groups -OCH3 is 1. The van der Waals surface area contributed by atoms with Crippen LogP contribution in [0.1, 0.15) is 11.1 Å². The first-order chi connectivity index (χ1) is 15.3. The van der Waals surface area contributed by atoms with Crippen molar-refractivity contribution < 1.29 is 9.47 Å². The Labute approximate surface area is 181 Å². The number of piperazine rings is 1. The summed E-state index contributed by atoms with van der Waals surface area (Å²) in [4.78, 5) is 19.9. The molecule has 31 heavy (non-hydrogen) atoms. The van der Waals surface area contributed by atoms with Gasteiger partial charge in [0.1, 0.15) is 12.1 Å². The molecule has 9 nitrogen and oxygen atoms in total. The average molecular weight is 422 g/mol. The van der Waals surface area contributed by atoms with Gasteiger partial charge in [-0.05, 0) is 17.7 Å². The van der Waals surface area contributed by atoms with Gasteiger partial charge in [0.2, 0.25) is 5.95 Å². The van der Waals surface area contributed by atoms with E-state index < -0.39 is 0 Å². The minimum Gasteiger partial charge on any atom is -0.382 e. The molecule has 0 aromatic carbocycles. The molecule has 0 unspecified atom stereocenters. The number of ether oxygens (including phenoxy) is 2. The normalized spacial score (nSPS) is 16.8. The largest absolute Gasteiger partial charge is 0.382 e. The highest BCUT2D eigenvalue weighted by atomic mass is 16.5. The van der Waals surface area contributed by atoms with Gasteiger partial charge in [0.25, 0.3) is 0 Å². The Morgan fingerprint density at radius 2 is 1.94 bits per heavy atom. The molecule has 9 heteroatoms. The van der Waals surface area contributed by atoms with Crippen molar-refractivity contribution >= 4 is 18.1 Å². The number of anilines is 1. The van der Waals surface area contributed by atoms with Gasteiger partial charge in [0.15, 0.2) is 0 Å². The topological polar surface area (TPSA) is 90.2 Å². The summed E-state index contributed by atoms with van der Waals surface area (Å²) in [6.07, 6.45) is 14.8. The average Bonchev–Trinajstić information content (AvgIpc) is 3.37. The maximum atomic E-state index is 5.72. The van der Waals surface area contributed by atoms with Crippen LogP contribution in [-0.2, 0) is 9.47 Å². The van der Waals surface area contributed by atoms with Crippen molar-refractivity contribution in [1.29, 1.82) is 0 Å². The maximum Gasteiger partial charge on any atom is 0.225 e. The number of pyridine rings is 1. The van der Waals surface area contributed by atoms with Crippen molar-refractivity contribution in [2.24, 2.45) is 0 Å². The number of nitrogens with zero attached hydrogens (tertiary/aromatic N) is 6. The molecule has 0 saturated carbocycles. The fraction of sp³-hybridized carbons (Fsp3) is 0.364. The maximum absolute atomic E-state index is 5.72. The minimum absolute atomic E-state index is 0.201. The first-order valence-electron chi connectivity index (χ1n) is 10.3. The number of imidazole rings is 1. The van der Waals surface area contributed by atoms with E-state index in [9.17, 15) is 0 Å². The summed E-state index contributed by atoms with van der Waals surface area (Å²) in [5.41, 5.74) is 1.94. The van der Waals surface area contributed by atoms with Crippen LogP contribution in [0.15, 0.2) is 49.4 Å². The summed E-state index contributed by atoms with van der Waals surface area (Å²) in [6, 6.07) is 4.18.